The van der Waals surface area contributed by atoms with Crippen LogP contribution >= 0.6 is 11.6 Å². The highest BCUT2D eigenvalue weighted by Gasteiger charge is 2.26. The van der Waals surface area contributed by atoms with Crippen molar-refractivity contribution in [2.45, 2.75) is 11.3 Å². The zero-order valence-corrected chi connectivity index (χ0v) is 20.8. The number of hydrogen-bond donors (Lipinski definition) is 1. The van der Waals surface area contributed by atoms with Gasteiger partial charge in [0.1, 0.15) is 5.75 Å². The monoisotopic (exact) mass is 530 g/mol. The fourth-order valence-corrected chi connectivity index (χ4v) is 4.76. The molecule has 0 aliphatic carbocycles. The summed E-state index contributed by atoms with van der Waals surface area (Å²) in [6.45, 7) is -0.451. The van der Waals surface area contributed by atoms with Crippen molar-refractivity contribution >= 4 is 39.4 Å². The second-order valence-corrected chi connectivity index (χ2v) is 9.85. The molecule has 3 aromatic carbocycles. The predicted molar refractivity (Wildman–Crippen MR) is 136 cm³/mol. The highest BCUT2D eigenvalue weighted by Crippen LogP contribution is 2.21. The molecule has 0 aliphatic heterocycles. The average Bonchev–Trinajstić information content (AvgIpc) is 2.88. The molecular weight excluding hydrogens is 508 g/mol. The van der Waals surface area contributed by atoms with Crippen LogP contribution in [0.4, 0.5) is 5.69 Å². The van der Waals surface area contributed by atoms with Gasteiger partial charge in [0.05, 0.1) is 29.7 Å². The maximum absolute atomic E-state index is 13.3. The summed E-state index contributed by atoms with van der Waals surface area (Å²) in [5, 5.41) is 14.9. The Kier molecular flexibility index (Phi) is 9.12. The standard InChI is InChI=1S/C24H23ClN4O6S/c1-35-21-8-10-22(11-9-21)36(33,34)28(14-13-18-5-3-2-4-6-18)17-24(30)27-26-16-19-15-20(29(31)32)7-12-23(19)25/h2-12,15-16H,13-14,17H2,1H3,(H,27,30)/b26-16-. The summed E-state index contributed by atoms with van der Waals surface area (Å²) in [7, 11) is -2.55. The first-order chi connectivity index (χ1) is 17.2. The van der Waals surface area contributed by atoms with Crippen molar-refractivity contribution in [1.82, 2.24) is 9.73 Å². The number of nitro benzene ring substituents is 1. The summed E-state index contributed by atoms with van der Waals surface area (Å²) < 4.78 is 32.8. The van der Waals surface area contributed by atoms with Crippen LogP contribution in [0, 0.1) is 10.1 Å². The Morgan fingerprint density at radius 2 is 1.83 bits per heavy atom. The van der Waals surface area contributed by atoms with Gasteiger partial charge in [0.25, 0.3) is 11.6 Å². The third-order valence-electron chi connectivity index (χ3n) is 5.09. The first-order valence-electron chi connectivity index (χ1n) is 10.6. The normalized spacial score (nSPS) is 11.5. The summed E-state index contributed by atoms with van der Waals surface area (Å²) in [5.74, 6) is -0.199. The Bertz CT molecular complexity index is 1350. The van der Waals surface area contributed by atoms with Crippen LogP contribution in [-0.4, -0.2) is 50.0 Å². The first kappa shape index (κ1) is 26.8. The lowest BCUT2D eigenvalue weighted by atomic mass is 10.1. The molecular formula is C24H23ClN4O6S. The third-order valence-corrected chi connectivity index (χ3v) is 7.30. The summed E-state index contributed by atoms with van der Waals surface area (Å²) >= 11 is 6.03. The van der Waals surface area contributed by atoms with E-state index in [1.165, 1.54) is 49.6 Å². The van der Waals surface area contributed by atoms with Gasteiger partial charge in [-0.2, -0.15) is 9.41 Å². The molecule has 0 spiro atoms. The maximum atomic E-state index is 13.3. The summed E-state index contributed by atoms with van der Waals surface area (Å²) in [5.41, 5.74) is 3.19. The maximum Gasteiger partial charge on any atom is 0.270 e. The van der Waals surface area contributed by atoms with Gasteiger partial charge in [-0.15, -0.1) is 0 Å². The number of methoxy groups -OCH3 is 1. The summed E-state index contributed by atoms with van der Waals surface area (Å²) in [4.78, 5) is 23.0. The van der Waals surface area contributed by atoms with Crippen molar-refractivity contribution in [3.63, 3.8) is 0 Å². The van der Waals surface area contributed by atoms with Crippen molar-refractivity contribution in [1.29, 1.82) is 0 Å². The molecule has 0 aliphatic rings. The van der Waals surface area contributed by atoms with E-state index >= 15 is 0 Å². The lowest BCUT2D eigenvalue weighted by Gasteiger charge is -2.21. The number of ether oxygens (including phenoxy) is 1. The van der Waals surface area contributed by atoms with Crippen LogP contribution in [0.25, 0.3) is 0 Å². The van der Waals surface area contributed by atoms with Crippen LogP contribution in [0.5, 0.6) is 5.75 Å². The number of halogens is 1. The van der Waals surface area contributed by atoms with Crippen molar-refractivity contribution in [2.75, 3.05) is 20.2 Å². The molecule has 10 nitrogen and oxygen atoms in total. The number of non-ortho nitro benzene ring substituents is 1. The van der Waals surface area contributed by atoms with Crippen molar-refractivity contribution < 1.29 is 22.9 Å². The van der Waals surface area contributed by atoms with Gasteiger partial charge in [0.15, 0.2) is 0 Å². The molecule has 188 valence electrons. The fourth-order valence-electron chi connectivity index (χ4n) is 3.19. The van der Waals surface area contributed by atoms with E-state index in [1.54, 1.807) is 0 Å². The van der Waals surface area contributed by atoms with E-state index in [9.17, 15) is 23.3 Å². The Balaban J connectivity index is 1.76. The van der Waals surface area contributed by atoms with Crippen molar-refractivity contribution in [3.8, 4) is 5.75 Å². The van der Waals surface area contributed by atoms with Crippen LogP contribution in [-0.2, 0) is 21.2 Å². The van der Waals surface area contributed by atoms with E-state index in [-0.39, 0.29) is 27.7 Å². The highest BCUT2D eigenvalue weighted by molar-refractivity contribution is 7.89. The fraction of sp³-hybridized carbons (Fsp3) is 0.167. The van der Waals surface area contributed by atoms with Gasteiger partial charge in [0, 0.05) is 29.3 Å². The van der Waals surface area contributed by atoms with Gasteiger partial charge in [-0.25, -0.2) is 13.8 Å². The van der Waals surface area contributed by atoms with E-state index in [1.807, 2.05) is 30.3 Å². The van der Waals surface area contributed by atoms with Gasteiger partial charge in [-0.3, -0.25) is 14.9 Å². The minimum Gasteiger partial charge on any atom is -0.497 e. The molecule has 3 aromatic rings. The molecule has 0 atom stereocenters. The van der Waals surface area contributed by atoms with E-state index < -0.39 is 27.4 Å². The molecule has 0 fully saturated rings. The summed E-state index contributed by atoms with van der Waals surface area (Å²) in [6.07, 6.45) is 1.54. The highest BCUT2D eigenvalue weighted by atomic mass is 35.5. The lowest BCUT2D eigenvalue weighted by Crippen LogP contribution is -2.40. The quantitative estimate of drug-likeness (QED) is 0.229. The van der Waals surface area contributed by atoms with E-state index in [0.29, 0.717) is 12.2 Å². The molecule has 12 heteroatoms. The Morgan fingerprint density at radius 3 is 2.47 bits per heavy atom. The minimum atomic E-state index is -4.02. The molecule has 3 rings (SSSR count). The number of benzene rings is 3. The Hall–Kier alpha value is -3.80. The number of amides is 1. The molecule has 0 radical (unpaired) electrons. The molecule has 0 saturated heterocycles. The van der Waals surface area contributed by atoms with Gasteiger partial charge < -0.3 is 4.74 Å². The number of nitro groups is 1. The number of rotatable bonds is 11. The lowest BCUT2D eigenvalue weighted by molar-refractivity contribution is -0.384. The number of carbonyl (C=O) groups excluding carboxylic acids is 1. The van der Waals surface area contributed by atoms with Crippen LogP contribution in [0.3, 0.4) is 0 Å². The SMILES string of the molecule is COc1ccc(S(=O)(=O)N(CCc2ccccc2)CC(=O)N/N=C\c2cc([N+](=O)[O-])ccc2Cl)cc1. The topological polar surface area (TPSA) is 131 Å². The molecule has 0 saturated carbocycles. The predicted octanol–water partition coefficient (Wildman–Crippen LogP) is 3.64. The Labute approximate surface area is 213 Å². The van der Waals surface area contributed by atoms with E-state index in [0.717, 1.165) is 16.1 Å². The van der Waals surface area contributed by atoms with Gasteiger partial charge in [-0.1, -0.05) is 41.9 Å². The number of nitrogens with one attached hydrogen (secondary N) is 1. The van der Waals surface area contributed by atoms with Crippen molar-refractivity contribution in [3.05, 3.63) is 99.1 Å². The zero-order chi connectivity index (χ0) is 26.1. The number of hydrazone groups is 1. The third kappa shape index (κ3) is 7.11. The molecule has 0 unspecified atom stereocenters. The van der Waals surface area contributed by atoms with Crippen LogP contribution in [0.2, 0.25) is 5.02 Å². The summed E-state index contributed by atoms with van der Waals surface area (Å²) in [6, 6.07) is 18.9. The molecule has 0 bridgehead atoms. The van der Waals surface area contributed by atoms with E-state index in [4.69, 9.17) is 16.3 Å². The van der Waals surface area contributed by atoms with Crippen LogP contribution < -0.4 is 10.2 Å². The number of carbonyl (C=O) groups is 1. The zero-order valence-electron chi connectivity index (χ0n) is 19.2. The smallest absolute Gasteiger partial charge is 0.270 e. The molecule has 1 amide bonds. The minimum absolute atomic E-state index is 0.0102. The van der Waals surface area contributed by atoms with Gasteiger partial charge >= 0.3 is 0 Å². The molecule has 0 aromatic heterocycles. The second-order valence-electron chi connectivity index (χ2n) is 7.51. The van der Waals surface area contributed by atoms with Crippen LogP contribution in [0.15, 0.2) is 82.8 Å². The molecule has 1 N–H and O–H groups in total. The van der Waals surface area contributed by atoms with Crippen LogP contribution in [0.1, 0.15) is 11.1 Å². The van der Waals surface area contributed by atoms with E-state index in [2.05, 4.69) is 10.5 Å². The molecule has 0 heterocycles. The van der Waals surface area contributed by atoms with Gasteiger partial charge in [-0.05, 0) is 42.3 Å². The second kappa shape index (κ2) is 12.2. The largest absolute Gasteiger partial charge is 0.497 e. The Morgan fingerprint density at radius 1 is 1.14 bits per heavy atom. The molecule has 36 heavy (non-hydrogen) atoms. The average molecular weight is 531 g/mol. The number of nitrogens with zero attached hydrogens (tertiary/aromatic N) is 3. The van der Waals surface area contributed by atoms with Crippen molar-refractivity contribution in [2.24, 2.45) is 5.10 Å². The number of hydrogen-bond acceptors (Lipinski definition) is 7. The first-order valence-corrected chi connectivity index (χ1v) is 12.5. The van der Waals surface area contributed by atoms with Gasteiger partial charge in [0.2, 0.25) is 10.0 Å². The number of sulfonamides is 1.